The van der Waals surface area contributed by atoms with Crippen LogP contribution in [0.1, 0.15) is 35.2 Å². The largest absolute Gasteiger partial charge is 0.456 e. The van der Waals surface area contributed by atoms with Gasteiger partial charge < -0.3 is 15.0 Å². The van der Waals surface area contributed by atoms with E-state index in [0.29, 0.717) is 11.3 Å². The predicted octanol–water partition coefficient (Wildman–Crippen LogP) is 3.06. The van der Waals surface area contributed by atoms with Crippen LogP contribution in [0.5, 0.6) is 0 Å². The first-order chi connectivity index (χ1) is 12.9. The van der Waals surface area contributed by atoms with Crippen molar-refractivity contribution in [3.63, 3.8) is 0 Å². The van der Waals surface area contributed by atoms with Crippen LogP contribution < -0.4 is 5.32 Å². The monoisotopic (exact) mass is 368 g/mol. The van der Waals surface area contributed by atoms with Crippen LogP contribution in [0.3, 0.4) is 0 Å². The zero-order chi connectivity index (χ0) is 19.8. The van der Waals surface area contributed by atoms with Crippen molar-refractivity contribution in [2.45, 2.75) is 19.3 Å². The van der Waals surface area contributed by atoms with Crippen LogP contribution in [0.4, 0.5) is 5.69 Å². The second kappa shape index (κ2) is 9.52. The van der Waals surface area contributed by atoms with Crippen LogP contribution in [-0.4, -0.2) is 43.4 Å². The van der Waals surface area contributed by atoms with E-state index in [1.54, 1.807) is 38.4 Å². The van der Waals surface area contributed by atoms with Crippen molar-refractivity contribution >= 4 is 23.5 Å². The number of carbonyl (C=O) groups excluding carboxylic acids is 3. The van der Waals surface area contributed by atoms with Crippen molar-refractivity contribution in [3.05, 3.63) is 65.7 Å². The molecule has 2 aromatic carbocycles. The van der Waals surface area contributed by atoms with Gasteiger partial charge in [0.2, 0.25) is 0 Å². The number of esters is 1. The number of hydrogen-bond acceptors (Lipinski definition) is 4. The summed E-state index contributed by atoms with van der Waals surface area (Å²) >= 11 is 0. The molecule has 0 aliphatic carbocycles. The first-order valence-electron chi connectivity index (χ1n) is 8.69. The fourth-order valence-corrected chi connectivity index (χ4v) is 2.51. The summed E-state index contributed by atoms with van der Waals surface area (Å²) in [6.07, 6.45) is 0.207. The Morgan fingerprint density at radius 1 is 1.00 bits per heavy atom. The maximum Gasteiger partial charge on any atom is 0.306 e. The molecule has 0 fully saturated rings. The third kappa shape index (κ3) is 6.26. The standard InChI is InChI=1S/C21H24N2O4/c1-15(16-7-5-4-6-8-16)13-20(25)27-14-19(24)22-18-11-9-17(10-12-18)21(26)23(2)3/h4-12,15H,13-14H2,1-3H3,(H,22,24)/t15-/m0/s1. The van der Waals surface area contributed by atoms with Crippen LogP contribution in [0, 0.1) is 0 Å². The molecule has 27 heavy (non-hydrogen) atoms. The zero-order valence-electron chi connectivity index (χ0n) is 15.8. The molecule has 0 aliphatic rings. The third-order valence-corrected chi connectivity index (χ3v) is 4.03. The number of hydrogen-bond donors (Lipinski definition) is 1. The minimum Gasteiger partial charge on any atom is -0.456 e. The van der Waals surface area contributed by atoms with E-state index in [0.717, 1.165) is 5.56 Å². The number of nitrogens with zero attached hydrogens (tertiary/aromatic N) is 1. The van der Waals surface area contributed by atoms with Gasteiger partial charge in [0.05, 0.1) is 6.42 Å². The van der Waals surface area contributed by atoms with E-state index >= 15 is 0 Å². The van der Waals surface area contributed by atoms with E-state index < -0.39 is 11.9 Å². The van der Waals surface area contributed by atoms with E-state index in [1.807, 2.05) is 37.3 Å². The molecule has 6 heteroatoms. The highest BCUT2D eigenvalue weighted by atomic mass is 16.5. The summed E-state index contributed by atoms with van der Waals surface area (Å²) in [7, 11) is 3.34. The van der Waals surface area contributed by atoms with Gasteiger partial charge in [0.15, 0.2) is 6.61 Å². The van der Waals surface area contributed by atoms with Crippen molar-refractivity contribution < 1.29 is 19.1 Å². The molecule has 1 N–H and O–H groups in total. The minimum atomic E-state index is -0.428. The van der Waals surface area contributed by atoms with Crippen LogP contribution in [-0.2, 0) is 14.3 Å². The summed E-state index contributed by atoms with van der Waals surface area (Å²) in [6.45, 7) is 1.59. The summed E-state index contributed by atoms with van der Waals surface area (Å²) in [4.78, 5) is 37.2. The number of benzene rings is 2. The quantitative estimate of drug-likeness (QED) is 0.762. The molecule has 0 unspecified atom stereocenters. The molecule has 0 radical (unpaired) electrons. The first kappa shape index (κ1) is 20.2. The van der Waals surface area contributed by atoms with E-state index in [9.17, 15) is 14.4 Å². The average molecular weight is 368 g/mol. The van der Waals surface area contributed by atoms with E-state index in [4.69, 9.17) is 4.74 Å². The molecular formula is C21H24N2O4. The summed E-state index contributed by atoms with van der Waals surface area (Å²) in [5, 5.41) is 2.64. The highest BCUT2D eigenvalue weighted by Crippen LogP contribution is 2.18. The zero-order valence-corrected chi connectivity index (χ0v) is 15.8. The number of anilines is 1. The Hall–Kier alpha value is -3.15. The van der Waals surface area contributed by atoms with Crippen LogP contribution >= 0.6 is 0 Å². The van der Waals surface area contributed by atoms with Crippen molar-refractivity contribution in [1.29, 1.82) is 0 Å². The first-order valence-corrected chi connectivity index (χ1v) is 8.69. The molecular weight excluding hydrogens is 344 g/mol. The summed E-state index contributed by atoms with van der Waals surface area (Å²) in [5.41, 5.74) is 2.11. The van der Waals surface area contributed by atoms with Crippen LogP contribution in [0.25, 0.3) is 0 Å². The molecule has 0 saturated carbocycles. The normalized spacial score (nSPS) is 11.4. The number of carbonyl (C=O) groups is 3. The molecule has 0 aromatic heterocycles. The second-order valence-electron chi connectivity index (χ2n) is 6.50. The van der Waals surface area contributed by atoms with Crippen molar-refractivity contribution in [2.24, 2.45) is 0 Å². The Morgan fingerprint density at radius 2 is 1.63 bits per heavy atom. The second-order valence-corrected chi connectivity index (χ2v) is 6.50. The van der Waals surface area contributed by atoms with Gasteiger partial charge in [-0.2, -0.15) is 0 Å². The van der Waals surface area contributed by atoms with Crippen LogP contribution in [0.2, 0.25) is 0 Å². The molecule has 2 aromatic rings. The van der Waals surface area contributed by atoms with Gasteiger partial charge in [0.25, 0.3) is 11.8 Å². The lowest BCUT2D eigenvalue weighted by Gasteiger charge is -2.12. The summed E-state index contributed by atoms with van der Waals surface area (Å²) in [5.74, 6) is -0.950. The molecule has 1 atom stereocenters. The van der Waals surface area contributed by atoms with Gasteiger partial charge in [0.1, 0.15) is 0 Å². The van der Waals surface area contributed by atoms with Gasteiger partial charge in [-0.05, 0) is 35.7 Å². The highest BCUT2D eigenvalue weighted by molar-refractivity contribution is 5.96. The SMILES string of the molecule is C[C@@H](CC(=O)OCC(=O)Nc1ccc(C(=O)N(C)C)cc1)c1ccccc1. The third-order valence-electron chi connectivity index (χ3n) is 4.03. The van der Waals surface area contributed by atoms with Crippen molar-refractivity contribution in [1.82, 2.24) is 4.90 Å². The molecule has 142 valence electrons. The Kier molecular flexibility index (Phi) is 7.11. The lowest BCUT2D eigenvalue weighted by molar-refractivity contribution is -0.147. The maximum absolute atomic E-state index is 11.9. The molecule has 0 saturated heterocycles. The lowest BCUT2D eigenvalue weighted by atomic mass is 9.98. The van der Waals surface area contributed by atoms with E-state index in [-0.39, 0.29) is 24.9 Å². The van der Waals surface area contributed by atoms with Crippen molar-refractivity contribution in [2.75, 3.05) is 26.0 Å². The predicted molar refractivity (Wildman–Crippen MR) is 104 cm³/mol. The lowest BCUT2D eigenvalue weighted by Crippen LogP contribution is -2.22. The smallest absolute Gasteiger partial charge is 0.306 e. The number of rotatable bonds is 7. The number of nitrogens with one attached hydrogen (secondary N) is 1. The Bertz CT molecular complexity index is 786. The van der Waals surface area contributed by atoms with Gasteiger partial charge in [-0.25, -0.2) is 0 Å². The topological polar surface area (TPSA) is 75.7 Å². The number of ether oxygens (including phenoxy) is 1. The Balaban J connectivity index is 1.78. The fraction of sp³-hybridized carbons (Fsp3) is 0.286. The Morgan fingerprint density at radius 3 is 2.22 bits per heavy atom. The average Bonchev–Trinajstić information content (AvgIpc) is 2.67. The summed E-state index contributed by atoms with van der Waals surface area (Å²) in [6, 6.07) is 16.2. The molecule has 2 amide bonds. The highest BCUT2D eigenvalue weighted by Gasteiger charge is 2.14. The minimum absolute atomic E-state index is 0.0172. The van der Waals surface area contributed by atoms with Crippen LogP contribution in [0.15, 0.2) is 54.6 Å². The molecule has 0 bridgehead atoms. The van der Waals surface area contributed by atoms with Gasteiger partial charge >= 0.3 is 5.97 Å². The molecule has 0 aliphatic heterocycles. The van der Waals surface area contributed by atoms with E-state index in [1.165, 1.54) is 4.90 Å². The number of amides is 2. The molecule has 0 spiro atoms. The van der Waals surface area contributed by atoms with E-state index in [2.05, 4.69) is 5.32 Å². The molecule has 2 rings (SSSR count). The maximum atomic E-state index is 11.9. The molecule has 0 heterocycles. The van der Waals surface area contributed by atoms with Gasteiger partial charge in [-0.1, -0.05) is 37.3 Å². The summed E-state index contributed by atoms with van der Waals surface area (Å²) < 4.78 is 5.05. The molecule has 6 nitrogen and oxygen atoms in total. The van der Waals surface area contributed by atoms with Gasteiger partial charge in [0, 0.05) is 25.3 Å². The van der Waals surface area contributed by atoms with Gasteiger partial charge in [-0.3, -0.25) is 14.4 Å². The van der Waals surface area contributed by atoms with Gasteiger partial charge in [-0.15, -0.1) is 0 Å². The van der Waals surface area contributed by atoms with Crippen molar-refractivity contribution in [3.8, 4) is 0 Å². The Labute approximate surface area is 159 Å². The fourth-order valence-electron chi connectivity index (χ4n) is 2.51.